The Kier molecular flexibility index (Phi) is 6.26. The number of hydrogen-bond acceptors (Lipinski definition) is 7. The molecular formula is C28H25F2N7. The molecule has 2 aromatic heterocycles. The molecule has 0 amide bonds. The molecule has 0 spiro atoms. The van der Waals surface area contributed by atoms with E-state index in [0.717, 1.165) is 55.2 Å². The first-order valence-electron chi connectivity index (χ1n) is 12.4. The van der Waals surface area contributed by atoms with Crippen LogP contribution in [0.25, 0.3) is 11.1 Å². The minimum atomic E-state index is -0.565. The molecule has 37 heavy (non-hydrogen) atoms. The number of aromatic nitrogens is 4. The molecule has 1 saturated heterocycles. The number of aliphatic imine (C=N–C) groups is 1. The molecule has 0 N–H and O–H groups in total. The van der Waals surface area contributed by atoms with Gasteiger partial charge in [0.15, 0.2) is 0 Å². The molecule has 7 nitrogen and oxygen atoms in total. The number of anilines is 2. The summed E-state index contributed by atoms with van der Waals surface area (Å²) >= 11 is 0. The Labute approximate surface area is 213 Å². The van der Waals surface area contributed by atoms with E-state index in [4.69, 9.17) is 0 Å². The van der Waals surface area contributed by atoms with E-state index >= 15 is 0 Å². The van der Waals surface area contributed by atoms with Gasteiger partial charge in [0.05, 0.1) is 11.6 Å². The van der Waals surface area contributed by atoms with E-state index in [0.29, 0.717) is 18.1 Å². The molecule has 4 heterocycles. The van der Waals surface area contributed by atoms with Crippen LogP contribution < -0.4 is 9.80 Å². The maximum Gasteiger partial charge on any atom is 0.225 e. The Hall–Kier alpha value is -4.27. The number of hydrogen-bond donors (Lipinski definition) is 0. The molecule has 1 fully saturated rings. The highest BCUT2D eigenvalue weighted by Gasteiger charge is 2.24. The van der Waals surface area contributed by atoms with Crippen LogP contribution in [-0.2, 0) is 0 Å². The summed E-state index contributed by atoms with van der Waals surface area (Å²) in [5, 5.41) is 0. The van der Waals surface area contributed by atoms with Gasteiger partial charge in [-0.3, -0.25) is 4.99 Å². The van der Waals surface area contributed by atoms with Gasteiger partial charge in [0.1, 0.15) is 11.6 Å². The van der Waals surface area contributed by atoms with Crippen molar-refractivity contribution >= 4 is 17.6 Å². The van der Waals surface area contributed by atoms with E-state index in [1.807, 2.05) is 42.7 Å². The van der Waals surface area contributed by atoms with Crippen LogP contribution in [0, 0.1) is 11.6 Å². The van der Waals surface area contributed by atoms with Crippen LogP contribution in [0.5, 0.6) is 0 Å². The number of nitrogens with zero attached hydrogens (tertiary/aromatic N) is 7. The second-order valence-electron chi connectivity index (χ2n) is 9.14. The minimum absolute atomic E-state index is 0.00586. The fourth-order valence-electron chi connectivity index (χ4n) is 4.89. The smallest absolute Gasteiger partial charge is 0.225 e. The monoisotopic (exact) mass is 497 g/mol. The number of halogens is 2. The van der Waals surface area contributed by atoms with E-state index in [9.17, 15) is 8.78 Å². The predicted molar refractivity (Wildman–Crippen MR) is 139 cm³/mol. The molecular weight excluding hydrogens is 472 g/mol. The summed E-state index contributed by atoms with van der Waals surface area (Å²) in [6, 6.07) is 13.7. The molecule has 1 unspecified atom stereocenters. The Morgan fingerprint density at radius 1 is 0.676 bits per heavy atom. The van der Waals surface area contributed by atoms with Gasteiger partial charge in [-0.15, -0.1) is 0 Å². The zero-order valence-electron chi connectivity index (χ0n) is 20.1. The number of rotatable bonds is 5. The first-order valence-corrected chi connectivity index (χ1v) is 12.4. The molecule has 4 aromatic rings. The zero-order chi connectivity index (χ0) is 25.2. The molecule has 2 aliphatic heterocycles. The summed E-state index contributed by atoms with van der Waals surface area (Å²) in [6.45, 7) is 3.22. The summed E-state index contributed by atoms with van der Waals surface area (Å²) in [4.78, 5) is 26.8. The largest absolute Gasteiger partial charge is 0.337 e. The van der Waals surface area contributed by atoms with Crippen molar-refractivity contribution in [2.24, 2.45) is 4.99 Å². The van der Waals surface area contributed by atoms with Crippen molar-refractivity contribution in [3.05, 3.63) is 96.1 Å². The summed E-state index contributed by atoms with van der Waals surface area (Å²) in [7, 11) is 0. The van der Waals surface area contributed by atoms with Gasteiger partial charge in [-0.25, -0.2) is 28.7 Å². The fourth-order valence-corrected chi connectivity index (χ4v) is 4.89. The van der Waals surface area contributed by atoms with Gasteiger partial charge in [-0.1, -0.05) is 30.3 Å². The molecule has 186 valence electrons. The summed E-state index contributed by atoms with van der Waals surface area (Å²) in [5.74, 6) is 0.332. The topological polar surface area (TPSA) is 70.4 Å². The van der Waals surface area contributed by atoms with Crippen LogP contribution in [0.3, 0.4) is 0 Å². The SMILES string of the molecule is Fc1cccc(F)c1C1=NC(c2ccc(-c3cnc(N4CCN(c5ncccn5)CC4)nc3)cc2)CC1. The number of benzene rings is 2. The lowest BCUT2D eigenvalue weighted by Crippen LogP contribution is -2.47. The Morgan fingerprint density at radius 3 is 1.89 bits per heavy atom. The van der Waals surface area contributed by atoms with Crippen LogP contribution in [0.4, 0.5) is 20.7 Å². The van der Waals surface area contributed by atoms with Crippen molar-refractivity contribution in [2.45, 2.75) is 18.9 Å². The quantitative estimate of drug-likeness (QED) is 0.392. The lowest BCUT2D eigenvalue weighted by atomic mass is 10.0. The van der Waals surface area contributed by atoms with Crippen molar-refractivity contribution in [3.8, 4) is 11.1 Å². The minimum Gasteiger partial charge on any atom is -0.337 e. The summed E-state index contributed by atoms with van der Waals surface area (Å²) in [5.41, 5.74) is 3.44. The van der Waals surface area contributed by atoms with Crippen LogP contribution in [0.2, 0.25) is 0 Å². The average molecular weight is 498 g/mol. The van der Waals surface area contributed by atoms with Gasteiger partial charge in [0, 0.05) is 62.2 Å². The van der Waals surface area contributed by atoms with Gasteiger partial charge in [-0.05, 0) is 42.2 Å². The van der Waals surface area contributed by atoms with E-state index in [2.05, 4.69) is 34.7 Å². The highest BCUT2D eigenvalue weighted by molar-refractivity contribution is 6.02. The molecule has 0 bridgehead atoms. The van der Waals surface area contributed by atoms with Crippen molar-refractivity contribution < 1.29 is 8.78 Å². The molecule has 2 aliphatic rings. The third-order valence-electron chi connectivity index (χ3n) is 6.88. The van der Waals surface area contributed by atoms with E-state index < -0.39 is 11.6 Å². The van der Waals surface area contributed by atoms with Gasteiger partial charge < -0.3 is 9.80 Å². The van der Waals surface area contributed by atoms with Crippen LogP contribution >= 0.6 is 0 Å². The first kappa shape index (κ1) is 23.1. The number of piperazine rings is 1. The van der Waals surface area contributed by atoms with E-state index in [-0.39, 0.29) is 11.6 Å². The van der Waals surface area contributed by atoms with Crippen LogP contribution in [0.15, 0.2) is 78.3 Å². The van der Waals surface area contributed by atoms with Gasteiger partial charge in [-0.2, -0.15) is 0 Å². The van der Waals surface area contributed by atoms with Gasteiger partial charge >= 0.3 is 0 Å². The van der Waals surface area contributed by atoms with Crippen molar-refractivity contribution in [1.82, 2.24) is 19.9 Å². The second-order valence-corrected chi connectivity index (χ2v) is 9.14. The Balaban J connectivity index is 1.11. The lowest BCUT2D eigenvalue weighted by Gasteiger charge is -2.34. The van der Waals surface area contributed by atoms with Gasteiger partial charge in [0.2, 0.25) is 11.9 Å². The van der Waals surface area contributed by atoms with E-state index in [1.165, 1.54) is 18.2 Å². The molecule has 9 heteroatoms. The predicted octanol–water partition coefficient (Wildman–Crippen LogP) is 4.86. The highest BCUT2D eigenvalue weighted by atomic mass is 19.1. The Morgan fingerprint density at radius 2 is 1.27 bits per heavy atom. The normalized spacial score (nSPS) is 17.7. The molecule has 0 aliphatic carbocycles. The highest BCUT2D eigenvalue weighted by Crippen LogP contribution is 2.33. The van der Waals surface area contributed by atoms with Crippen molar-refractivity contribution in [2.75, 3.05) is 36.0 Å². The molecule has 1 atom stereocenters. The maximum atomic E-state index is 14.2. The molecule has 0 saturated carbocycles. The van der Waals surface area contributed by atoms with Gasteiger partial charge in [0.25, 0.3) is 0 Å². The first-order chi connectivity index (χ1) is 18.2. The second kappa shape index (κ2) is 10.0. The third kappa shape index (κ3) is 4.76. The molecule has 6 rings (SSSR count). The summed E-state index contributed by atoms with van der Waals surface area (Å²) in [6.07, 6.45) is 8.48. The standard InChI is InChI=1S/C28H25F2N7/c29-22-3-1-4-23(30)26(22)25-10-9-24(35-25)20-7-5-19(6-8-20)21-17-33-28(34-18-21)37-15-13-36(14-16-37)27-31-11-2-12-32-27/h1-8,11-12,17-18,24H,9-10,13-16H2. The fraction of sp³-hybridized carbons (Fsp3) is 0.250. The van der Waals surface area contributed by atoms with Crippen LogP contribution in [0.1, 0.15) is 30.0 Å². The third-order valence-corrected chi connectivity index (χ3v) is 6.88. The van der Waals surface area contributed by atoms with Crippen molar-refractivity contribution in [1.29, 1.82) is 0 Å². The summed E-state index contributed by atoms with van der Waals surface area (Å²) < 4.78 is 28.3. The molecule has 0 radical (unpaired) electrons. The lowest BCUT2D eigenvalue weighted by molar-refractivity contribution is 0.578. The van der Waals surface area contributed by atoms with Crippen LogP contribution in [-0.4, -0.2) is 51.8 Å². The molecule has 2 aromatic carbocycles. The Bertz CT molecular complexity index is 1380. The van der Waals surface area contributed by atoms with Crippen molar-refractivity contribution in [3.63, 3.8) is 0 Å². The van der Waals surface area contributed by atoms with E-state index in [1.54, 1.807) is 12.4 Å². The average Bonchev–Trinajstić information content (AvgIpc) is 3.44. The zero-order valence-corrected chi connectivity index (χ0v) is 20.1. The maximum absolute atomic E-state index is 14.2.